The van der Waals surface area contributed by atoms with E-state index in [1.54, 1.807) is 24.5 Å². The number of benzene rings is 1. The van der Waals surface area contributed by atoms with Gasteiger partial charge in [0.1, 0.15) is 5.75 Å². The van der Waals surface area contributed by atoms with Crippen molar-refractivity contribution < 1.29 is 14.1 Å². The summed E-state index contributed by atoms with van der Waals surface area (Å²) in [6.07, 6.45) is 5.71. The minimum atomic E-state index is 0.149. The molecule has 1 amide bonds. The van der Waals surface area contributed by atoms with E-state index in [4.69, 9.17) is 9.26 Å². The van der Waals surface area contributed by atoms with Crippen molar-refractivity contribution in [1.29, 1.82) is 0 Å². The van der Waals surface area contributed by atoms with Crippen molar-refractivity contribution in [2.24, 2.45) is 5.92 Å². The van der Waals surface area contributed by atoms with Gasteiger partial charge in [-0.05, 0) is 48.7 Å². The third-order valence-electron chi connectivity index (χ3n) is 4.24. The van der Waals surface area contributed by atoms with E-state index in [1.807, 2.05) is 42.5 Å². The number of hydrogen-bond acceptors (Lipinski definition) is 6. The smallest absolute Gasteiger partial charge is 0.250 e. The molecule has 1 aliphatic rings. The van der Waals surface area contributed by atoms with Crippen LogP contribution >= 0.6 is 11.3 Å². The summed E-state index contributed by atoms with van der Waals surface area (Å²) in [6.45, 7) is 0.544. The molecule has 2 heterocycles. The average molecular weight is 381 g/mol. The first-order chi connectivity index (χ1) is 13.2. The summed E-state index contributed by atoms with van der Waals surface area (Å²) in [5, 5.41) is 7.00. The standard InChI is InChI=1S/C20H19N3O3S/c1-25-15-7-2-13(3-8-15)4-11-18-22-19(23-26-18)17-10-9-16(27-17)12-21-20(24)14-5-6-14/h2-4,7-11,14H,5-6,12H2,1H3,(H,21,24). The molecule has 6 nitrogen and oxygen atoms in total. The van der Waals surface area contributed by atoms with Crippen molar-refractivity contribution >= 4 is 29.4 Å². The maximum absolute atomic E-state index is 11.7. The van der Waals surface area contributed by atoms with Crippen LogP contribution in [0.3, 0.4) is 0 Å². The molecule has 1 fully saturated rings. The van der Waals surface area contributed by atoms with Crippen molar-refractivity contribution in [2.45, 2.75) is 19.4 Å². The monoisotopic (exact) mass is 381 g/mol. The molecule has 0 spiro atoms. The number of amides is 1. The highest BCUT2D eigenvalue weighted by molar-refractivity contribution is 7.15. The van der Waals surface area contributed by atoms with Gasteiger partial charge in [0, 0.05) is 16.9 Å². The zero-order valence-electron chi connectivity index (χ0n) is 14.8. The largest absolute Gasteiger partial charge is 0.497 e. The Morgan fingerprint density at radius 3 is 2.81 bits per heavy atom. The third kappa shape index (κ3) is 4.43. The Hall–Kier alpha value is -2.93. The Morgan fingerprint density at radius 1 is 1.26 bits per heavy atom. The van der Waals surface area contributed by atoms with Gasteiger partial charge in [-0.3, -0.25) is 4.79 Å². The Labute approximate surface area is 160 Å². The number of methoxy groups -OCH3 is 1. The van der Waals surface area contributed by atoms with Gasteiger partial charge in [0.15, 0.2) is 0 Å². The second-order valence-electron chi connectivity index (χ2n) is 6.32. The van der Waals surface area contributed by atoms with Gasteiger partial charge in [-0.25, -0.2) is 0 Å². The van der Waals surface area contributed by atoms with Crippen molar-refractivity contribution in [3.05, 3.63) is 52.7 Å². The van der Waals surface area contributed by atoms with Crippen LogP contribution in [0, 0.1) is 5.92 Å². The lowest BCUT2D eigenvalue weighted by Gasteiger charge is -2.00. The number of nitrogens with zero attached hydrogens (tertiary/aromatic N) is 2. The van der Waals surface area contributed by atoms with E-state index in [9.17, 15) is 4.79 Å². The average Bonchev–Trinajstić information content (AvgIpc) is 3.26. The van der Waals surface area contributed by atoms with Crippen LogP contribution in [0.15, 0.2) is 40.9 Å². The number of aromatic nitrogens is 2. The summed E-state index contributed by atoms with van der Waals surface area (Å²) >= 11 is 1.55. The molecule has 1 aliphatic carbocycles. The van der Waals surface area contributed by atoms with Crippen molar-refractivity contribution in [1.82, 2.24) is 15.5 Å². The Bertz CT molecular complexity index is 955. The summed E-state index contributed by atoms with van der Waals surface area (Å²) < 4.78 is 10.4. The lowest BCUT2D eigenvalue weighted by atomic mass is 10.2. The number of thiophene rings is 1. The van der Waals surface area contributed by atoms with E-state index in [0.29, 0.717) is 18.3 Å². The zero-order chi connectivity index (χ0) is 18.6. The summed E-state index contributed by atoms with van der Waals surface area (Å²) in [5.41, 5.74) is 1.01. The van der Waals surface area contributed by atoms with Crippen LogP contribution in [0.4, 0.5) is 0 Å². The van der Waals surface area contributed by atoms with Gasteiger partial charge in [0.05, 0.1) is 18.5 Å². The molecule has 7 heteroatoms. The Kier molecular flexibility index (Phi) is 5.02. The zero-order valence-corrected chi connectivity index (χ0v) is 15.7. The van der Waals surface area contributed by atoms with E-state index in [-0.39, 0.29) is 11.8 Å². The molecule has 1 saturated carbocycles. The first-order valence-corrected chi connectivity index (χ1v) is 9.55. The molecule has 0 bridgehead atoms. The van der Waals surface area contributed by atoms with Crippen molar-refractivity contribution in [3.63, 3.8) is 0 Å². The molecule has 0 unspecified atom stereocenters. The van der Waals surface area contributed by atoms with Crippen LogP contribution in [-0.2, 0) is 11.3 Å². The van der Waals surface area contributed by atoms with Gasteiger partial charge in [0.2, 0.25) is 11.7 Å². The maximum Gasteiger partial charge on any atom is 0.250 e. The highest BCUT2D eigenvalue weighted by atomic mass is 32.1. The van der Waals surface area contributed by atoms with Gasteiger partial charge >= 0.3 is 0 Å². The summed E-state index contributed by atoms with van der Waals surface area (Å²) in [6, 6.07) is 11.6. The first kappa shape index (κ1) is 17.5. The number of nitrogens with one attached hydrogen (secondary N) is 1. The van der Waals surface area contributed by atoms with Crippen molar-refractivity contribution in [2.75, 3.05) is 7.11 Å². The molecule has 1 aromatic carbocycles. The quantitative estimate of drug-likeness (QED) is 0.669. The van der Waals surface area contributed by atoms with Gasteiger partial charge < -0.3 is 14.6 Å². The van der Waals surface area contributed by atoms with Crippen LogP contribution < -0.4 is 10.1 Å². The van der Waals surface area contributed by atoms with Gasteiger partial charge in [-0.1, -0.05) is 17.3 Å². The molecule has 1 N–H and O–H groups in total. The van der Waals surface area contributed by atoms with Crippen LogP contribution in [0.2, 0.25) is 0 Å². The van der Waals surface area contributed by atoms with Crippen LogP contribution in [0.5, 0.6) is 5.75 Å². The fraction of sp³-hybridized carbons (Fsp3) is 0.250. The second kappa shape index (κ2) is 7.75. The fourth-order valence-corrected chi connectivity index (χ4v) is 3.42. The van der Waals surface area contributed by atoms with E-state index in [1.165, 1.54) is 0 Å². The SMILES string of the molecule is COc1ccc(C=Cc2nc(-c3ccc(CNC(=O)C4CC4)s3)no2)cc1. The molecule has 27 heavy (non-hydrogen) atoms. The lowest BCUT2D eigenvalue weighted by Crippen LogP contribution is -2.23. The topological polar surface area (TPSA) is 77.2 Å². The highest BCUT2D eigenvalue weighted by Crippen LogP contribution is 2.30. The highest BCUT2D eigenvalue weighted by Gasteiger charge is 2.29. The van der Waals surface area contributed by atoms with E-state index >= 15 is 0 Å². The van der Waals surface area contributed by atoms with E-state index in [0.717, 1.165) is 33.9 Å². The predicted molar refractivity (Wildman–Crippen MR) is 104 cm³/mol. The van der Waals surface area contributed by atoms with Crippen molar-refractivity contribution in [3.8, 4) is 16.5 Å². The summed E-state index contributed by atoms with van der Waals surface area (Å²) in [7, 11) is 1.64. The number of carbonyl (C=O) groups is 1. The molecule has 138 valence electrons. The predicted octanol–water partition coefficient (Wildman–Crippen LogP) is 4.00. The number of rotatable bonds is 7. The minimum Gasteiger partial charge on any atom is -0.497 e. The lowest BCUT2D eigenvalue weighted by molar-refractivity contribution is -0.122. The minimum absolute atomic E-state index is 0.149. The Morgan fingerprint density at radius 2 is 2.07 bits per heavy atom. The number of hydrogen-bond donors (Lipinski definition) is 1. The van der Waals surface area contributed by atoms with E-state index in [2.05, 4.69) is 15.5 Å². The number of carbonyl (C=O) groups excluding carboxylic acids is 1. The molecule has 3 aromatic rings. The summed E-state index contributed by atoms with van der Waals surface area (Å²) in [5.74, 6) is 2.18. The van der Waals surface area contributed by atoms with Gasteiger partial charge in [0.25, 0.3) is 5.89 Å². The third-order valence-corrected chi connectivity index (χ3v) is 5.32. The number of ether oxygens (including phenoxy) is 1. The van der Waals surface area contributed by atoms with Gasteiger partial charge in [-0.2, -0.15) is 4.98 Å². The summed E-state index contributed by atoms with van der Waals surface area (Å²) in [4.78, 5) is 18.1. The van der Waals surface area contributed by atoms with E-state index < -0.39 is 0 Å². The molecular weight excluding hydrogens is 362 g/mol. The van der Waals surface area contributed by atoms with Gasteiger partial charge in [-0.15, -0.1) is 11.3 Å². The molecule has 0 aliphatic heterocycles. The molecule has 0 radical (unpaired) electrons. The van der Waals surface area contributed by atoms with Crippen LogP contribution in [0.1, 0.15) is 29.2 Å². The Balaban J connectivity index is 1.38. The second-order valence-corrected chi connectivity index (χ2v) is 7.49. The van der Waals surface area contributed by atoms with Crippen LogP contribution in [-0.4, -0.2) is 23.2 Å². The molecule has 2 aromatic heterocycles. The maximum atomic E-state index is 11.7. The molecule has 4 rings (SSSR count). The van der Waals surface area contributed by atoms with Crippen LogP contribution in [0.25, 0.3) is 22.9 Å². The molecular formula is C20H19N3O3S. The molecule has 0 saturated heterocycles. The first-order valence-electron chi connectivity index (χ1n) is 8.74. The normalized spacial score (nSPS) is 13.8. The fourth-order valence-electron chi connectivity index (χ4n) is 2.54. The molecule has 0 atom stereocenters.